The van der Waals surface area contributed by atoms with Gasteiger partial charge in [-0.25, -0.2) is 4.99 Å². The first kappa shape index (κ1) is 21.5. The summed E-state index contributed by atoms with van der Waals surface area (Å²) in [6, 6.07) is 8.39. The number of likely N-dealkylation sites (N-methyl/N-ethyl adjacent to an activating group) is 2. The summed E-state index contributed by atoms with van der Waals surface area (Å²) in [6.45, 7) is 6.17. The fourth-order valence-corrected chi connectivity index (χ4v) is 3.32. The Morgan fingerprint density at radius 2 is 2.04 bits per heavy atom. The van der Waals surface area contributed by atoms with E-state index < -0.39 is 0 Å². The molecule has 1 aromatic rings. The fourth-order valence-electron chi connectivity index (χ4n) is 3.20. The van der Waals surface area contributed by atoms with Gasteiger partial charge in [0.25, 0.3) is 0 Å². The Hall–Kier alpha value is -1.79. The second-order valence-electron chi connectivity index (χ2n) is 7.06. The SMILES string of the molecule is CCN1CCCC1CNC(=NCC(=O)N(C)C)NCCc1ccc(Cl)cc1. The maximum atomic E-state index is 11.9. The van der Waals surface area contributed by atoms with Crippen LogP contribution in [0.5, 0.6) is 0 Å². The Labute approximate surface area is 168 Å². The zero-order valence-electron chi connectivity index (χ0n) is 16.7. The van der Waals surface area contributed by atoms with Crippen LogP contribution in [0.15, 0.2) is 29.3 Å². The molecule has 1 aliphatic heterocycles. The van der Waals surface area contributed by atoms with E-state index in [1.807, 2.05) is 24.3 Å². The number of amides is 1. The number of nitrogens with one attached hydrogen (secondary N) is 2. The van der Waals surface area contributed by atoms with Crippen molar-refractivity contribution in [3.63, 3.8) is 0 Å². The molecule has 150 valence electrons. The first-order valence-corrected chi connectivity index (χ1v) is 10.1. The highest BCUT2D eigenvalue weighted by Crippen LogP contribution is 2.15. The number of carbonyl (C=O) groups excluding carboxylic acids is 1. The molecule has 2 N–H and O–H groups in total. The lowest BCUT2D eigenvalue weighted by molar-refractivity contribution is -0.127. The van der Waals surface area contributed by atoms with Crippen molar-refractivity contribution in [2.75, 3.05) is 46.8 Å². The molecule has 1 fully saturated rings. The monoisotopic (exact) mass is 393 g/mol. The first-order valence-electron chi connectivity index (χ1n) is 9.70. The van der Waals surface area contributed by atoms with Crippen molar-refractivity contribution < 1.29 is 4.79 Å². The molecule has 0 aromatic heterocycles. The molecule has 1 heterocycles. The van der Waals surface area contributed by atoms with Crippen molar-refractivity contribution in [3.05, 3.63) is 34.9 Å². The summed E-state index contributed by atoms with van der Waals surface area (Å²) < 4.78 is 0. The molecule has 0 saturated carbocycles. The number of hydrogen-bond acceptors (Lipinski definition) is 3. The molecular formula is C20H32ClN5O. The van der Waals surface area contributed by atoms with E-state index >= 15 is 0 Å². The van der Waals surface area contributed by atoms with Crippen LogP contribution in [0.4, 0.5) is 0 Å². The molecule has 1 aromatic carbocycles. The number of guanidine groups is 1. The van der Waals surface area contributed by atoms with Crippen LogP contribution in [0.3, 0.4) is 0 Å². The third kappa shape index (κ3) is 7.39. The number of nitrogens with zero attached hydrogens (tertiary/aromatic N) is 3. The quantitative estimate of drug-likeness (QED) is 0.523. The highest BCUT2D eigenvalue weighted by atomic mass is 35.5. The summed E-state index contributed by atoms with van der Waals surface area (Å²) in [5, 5.41) is 7.52. The highest BCUT2D eigenvalue weighted by Gasteiger charge is 2.22. The zero-order chi connectivity index (χ0) is 19.6. The van der Waals surface area contributed by atoms with E-state index in [2.05, 4.69) is 27.4 Å². The fraction of sp³-hybridized carbons (Fsp3) is 0.600. The highest BCUT2D eigenvalue weighted by molar-refractivity contribution is 6.30. The Bertz CT molecular complexity index is 617. The topological polar surface area (TPSA) is 60.0 Å². The average Bonchev–Trinajstić information content (AvgIpc) is 3.12. The number of benzene rings is 1. The van der Waals surface area contributed by atoms with E-state index in [4.69, 9.17) is 11.6 Å². The van der Waals surface area contributed by atoms with E-state index in [0.29, 0.717) is 12.0 Å². The van der Waals surface area contributed by atoms with Crippen LogP contribution in [-0.2, 0) is 11.2 Å². The lowest BCUT2D eigenvalue weighted by Crippen LogP contribution is -2.45. The lowest BCUT2D eigenvalue weighted by Gasteiger charge is -2.24. The van der Waals surface area contributed by atoms with Gasteiger partial charge in [0.1, 0.15) is 6.54 Å². The van der Waals surface area contributed by atoms with Crippen LogP contribution >= 0.6 is 11.6 Å². The standard InChI is InChI=1S/C20H32ClN5O/c1-4-26-13-5-6-18(26)14-23-20(24-15-19(27)25(2)3)22-12-11-16-7-9-17(21)10-8-16/h7-10,18H,4-6,11-15H2,1-3H3,(H2,22,23,24). The molecule has 0 spiro atoms. The molecule has 1 saturated heterocycles. The van der Waals surface area contributed by atoms with Crippen molar-refractivity contribution in [1.82, 2.24) is 20.4 Å². The molecule has 27 heavy (non-hydrogen) atoms. The summed E-state index contributed by atoms with van der Waals surface area (Å²) in [4.78, 5) is 20.4. The number of aliphatic imine (C=N–C) groups is 1. The third-order valence-electron chi connectivity index (χ3n) is 4.90. The van der Waals surface area contributed by atoms with E-state index in [1.54, 1.807) is 19.0 Å². The first-order chi connectivity index (χ1) is 13.0. The number of rotatable bonds is 8. The van der Waals surface area contributed by atoms with Gasteiger partial charge in [0, 0.05) is 38.2 Å². The van der Waals surface area contributed by atoms with Crippen LogP contribution in [0.2, 0.25) is 5.02 Å². The summed E-state index contributed by atoms with van der Waals surface area (Å²) in [5.41, 5.74) is 1.21. The van der Waals surface area contributed by atoms with Crippen LogP contribution in [-0.4, -0.2) is 74.5 Å². The largest absolute Gasteiger partial charge is 0.356 e. The number of carbonyl (C=O) groups is 1. The number of halogens is 1. The Kier molecular flexibility index (Phi) is 8.88. The van der Waals surface area contributed by atoms with E-state index in [1.165, 1.54) is 24.9 Å². The predicted octanol–water partition coefficient (Wildman–Crippen LogP) is 1.99. The minimum absolute atomic E-state index is 0.00940. The molecule has 1 amide bonds. The Morgan fingerprint density at radius 1 is 1.30 bits per heavy atom. The van der Waals surface area contributed by atoms with Gasteiger partial charge in [0.2, 0.25) is 5.91 Å². The molecule has 1 unspecified atom stereocenters. The molecule has 0 aliphatic carbocycles. The molecule has 0 bridgehead atoms. The molecular weight excluding hydrogens is 362 g/mol. The lowest BCUT2D eigenvalue weighted by atomic mass is 10.1. The smallest absolute Gasteiger partial charge is 0.243 e. The van der Waals surface area contributed by atoms with Gasteiger partial charge in [-0.2, -0.15) is 0 Å². The maximum Gasteiger partial charge on any atom is 0.243 e. The van der Waals surface area contributed by atoms with Gasteiger partial charge in [0.05, 0.1) is 0 Å². The second kappa shape index (κ2) is 11.1. The summed E-state index contributed by atoms with van der Waals surface area (Å²) >= 11 is 5.94. The van der Waals surface area contributed by atoms with Gasteiger partial charge < -0.3 is 15.5 Å². The summed E-state index contributed by atoms with van der Waals surface area (Å²) in [7, 11) is 3.49. The number of likely N-dealkylation sites (tertiary alicyclic amines) is 1. The maximum absolute atomic E-state index is 11.9. The van der Waals surface area contributed by atoms with Gasteiger partial charge in [-0.05, 0) is 50.0 Å². The average molecular weight is 394 g/mol. The van der Waals surface area contributed by atoms with Gasteiger partial charge in [-0.15, -0.1) is 0 Å². The van der Waals surface area contributed by atoms with Crippen LogP contribution in [0.25, 0.3) is 0 Å². The number of hydrogen-bond donors (Lipinski definition) is 2. The molecule has 1 aliphatic rings. The van der Waals surface area contributed by atoms with Gasteiger partial charge in [0.15, 0.2) is 5.96 Å². The second-order valence-corrected chi connectivity index (χ2v) is 7.50. The van der Waals surface area contributed by atoms with Crippen molar-refractivity contribution in [1.29, 1.82) is 0 Å². The van der Waals surface area contributed by atoms with Crippen LogP contribution < -0.4 is 10.6 Å². The minimum atomic E-state index is -0.00940. The minimum Gasteiger partial charge on any atom is -0.356 e. The predicted molar refractivity (Wildman–Crippen MR) is 112 cm³/mol. The van der Waals surface area contributed by atoms with Crippen LogP contribution in [0.1, 0.15) is 25.3 Å². The molecule has 6 nitrogen and oxygen atoms in total. The molecule has 0 radical (unpaired) electrons. The van der Waals surface area contributed by atoms with Crippen LogP contribution in [0, 0.1) is 0 Å². The van der Waals surface area contributed by atoms with Crippen molar-refractivity contribution in [2.24, 2.45) is 4.99 Å². The van der Waals surface area contributed by atoms with Gasteiger partial charge in [-0.3, -0.25) is 9.69 Å². The third-order valence-corrected chi connectivity index (χ3v) is 5.15. The van der Waals surface area contributed by atoms with Gasteiger partial charge in [-0.1, -0.05) is 30.7 Å². The van der Waals surface area contributed by atoms with E-state index in [9.17, 15) is 4.79 Å². The van der Waals surface area contributed by atoms with Crippen molar-refractivity contribution in [2.45, 2.75) is 32.2 Å². The van der Waals surface area contributed by atoms with Gasteiger partial charge >= 0.3 is 0 Å². The van der Waals surface area contributed by atoms with E-state index in [-0.39, 0.29) is 12.5 Å². The Morgan fingerprint density at radius 3 is 2.70 bits per heavy atom. The summed E-state index contributed by atoms with van der Waals surface area (Å²) in [5.74, 6) is 0.687. The normalized spacial score (nSPS) is 17.8. The van der Waals surface area contributed by atoms with Crippen molar-refractivity contribution >= 4 is 23.5 Å². The molecule has 1 atom stereocenters. The molecule has 7 heteroatoms. The zero-order valence-corrected chi connectivity index (χ0v) is 17.4. The van der Waals surface area contributed by atoms with Crippen molar-refractivity contribution in [3.8, 4) is 0 Å². The molecule has 2 rings (SSSR count). The Balaban J connectivity index is 1.88. The summed E-state index contributed by atoms with van der Waals surface area (Å²) in [6.07, 6.45) is 3.31. The van der Waals surface area contributed by atoms with E-state index in [0.717, 1.165) is 31.1 Å².